The van der Waals surface area contributed by atoms with E-state index in [4.69, 9.17) is 0 Å². The average molecular weight is 199 g/mol. The maximum absolute atomic E-state index is 9.75. The average Bonchev–Trinajstić information content (AvgIpc) is 2.59. The van der Waals surface area contributed by atoms with E-state index in [0.717, 1.165) is 0 Å². The zero-order valence-electron chi connectivity index (χ0n) is 8.51. The van der Waals surface area contributed by atoms with Crippen molar-refractivity contribution in [3.8, 4) is 0 Å². The van der Waals surface area contributed by atoms with Gasteiger partial charge in [0.1, 0.15) is 6.10 Å². The molecule has 1 aromatic heterocycles. The van der Waals surface area contributed by atoms with Crippen molar-refractivity contribution in [1.29, 1.82) is 0 Å². The maximum Gasteiger partial charge on any atom is 0.121 e. The Hall–Kier alpha value is -0.910. The smallest absolute Gasteiger partial charge is 0.121 e. The van der Waals surface area contributed by atoms with Gasteiger partial charge >= 0.3 is 0 Å². The Balaban J connectivity index is 2.56. The Morgan fingerprint density at radius 2 is 2.29 bits per heavy atom. The van der Waals surface area contributed by atoms with Crippen LogP contribution in [0.1, 0.15) is 18.2 Å². The largest absolute Gasteiger partial charge is 0.390 e. The van der Waals surface area contributed by atoms with Crippen LogP contribution in [0.4, 0.5) is 0 Å². The van der Waals surface area contributed by atoms with Crippen LogP contribution >= 0.6 is 0 Å². The summed E-state index contributed by atoms with van der Waals surface area (Å²) in [4.78, 5) is 0. The lowest BCUT2D eigenvalue weighted by Crippen LogP contribution is -2.24. The summed E-state index contributed by atoms with van der Waals surface area (Å²) in [5.41, 5.74) is 0.633. The van der Waals surface area contributed by atoms with Gasteiger partial charge in [0, 0.05) is 13.2 Å². The Morgan fingerprint density at radius 1 is 1.57 bits per heavy atom. The lowest BCUT2D eigenvalue weighted by atomic mass is 10.1. The standard InChI is InChI=1S/C9H17N3O2/c1-10-5-4-8(13)9(14)7-3-6-11-12(7)2/h3,6,8-10,13-14H,4-5H2,1-2H3. The second-order valence-corrected chi connectivity index (χ2v) is 3.28. The van der Waals surface area contributed by atoms with E-state index in [2.05, 4.69) is 10.4 Å². The molecule has 0 fully saturated rings. The first-order chi connectivity index (χ1) is 6.66. The fourth-order valence-electron chi connectivity index (χ4n) is 1.32. The lowest BCUT2D eigenvalue weighted by molar-refractivity contribution is 0.00935. The second-order valence-electron chi connectivity index (χ2n) is 3.28. The summed E-state index contributed by atoms with van der Waals surface area (Å²) in [5.74, 6) is 0. The molecule has 0 aliphatic heterocycles. The predicted octanol–water partition coefficient (Wildman–Crippen LogP) is -0.576. The van der Waals surface area contributed by atoms with E-state index in [1.807, 2.05) is 7.05 Å². The van der Waals surface area contributed by atoms with Crippen LogP contribution in [0.5, 0.6) is 0 Å². The van der Waals surface area contributed by atoms with Gasteiger partial charge < -0.3 is 15.5 Å². The molecule has 0 radical (unpaired) electrons. The highest BCUT2D eigenvalue weighted by molar-refractivity contribution is 5.05. The summed E-state index contributed by atoms with van der Waals surface area (Å²) >= 11 is 0. The molecule has 1 aromatic rings. The van der Waals surface area contributed by atoms with E-state index in [-0.39, 0.29) is 0 Å². The van der Waals surface area contributed by atoms with Crippen molar-refractivity contribution >= 4 is 0 Å². The van der Waals surface area contributed by atoms with E-state index in [9.17, 15) is 10.2 Å². The van der Waals surface area contributed by atoms with E-state index in [1.54, 1.807) is 24.0 Å². The molecule has 0 saturated carbocycles. The molecular formula is C9H17N3O2. The van der Waals surface area contributed by atoms with Crippen molar-refractivity contribution in [2.45, 2.75) is 18.6 Å². The van der Waals surface area contributed by atoms with Crippen LogP contribution in [0, 0.1) is 0 Å². The Bertz CT molecular complexity index is 275. The molecule has 0 bridgehead atoms. The molecule has 2 unspecified atom stereocenters. The van der Waals surface area contributed by atoms with E-state index in [0.29, 0.717) is 18.7 Å². The molecule has 0 spiro atoms. The Labute approximate surface area is 83.4 Å². The molecule has 0 aliphatic rings. The second kappa shape index (κ2) is 5.09. The van der Waals surface area contributed by atoms with Gasteiger partial charge in [0.15, 0.2) is 0 Å². The summed E-state index contributed by atoms with van der Waals surface area (Å²) in [5, 5.41) is 26.2. The van der Waals surface area contributed by atoms with Gasteiger partial charge in [-0.15, -0.1) is 0 Å². The van der Waals surface area contributed by atoms with Crippen LogP contribution in [0.15, 0.2) is 12.3 Å². The van der Waals surface area contributed by atoms with E-state index >= 15 is 0 Å². The van der Waals surface area contributed by atoms with Gasteiger partial charge in [-0.2, -0.15) is 5.10 Å². The first-order valence-electron chi connectivity index (χ1n) is 4.65. The number of nitrogens with one attached hydrogen (secondary N) is 1. The molecule has 5 nitrogen and oxygen atoms in total. The highest BCUT2D eigenvalue weighted by Gasteiger charge is 2.20. The number of aliphatic hydroxyl groups is 2. The fraction of sp³-hybridized carbons (Fsp3) is 0.667. The summed E-state index contributed by atoms with van der Waals surface area (Å²) in [6.45, 7) is 0.677. The predicted molar refractivity (Wildman–Crippen MR) is 52.7 cm³/mol. The number of aromatic nitrogens is 2. The van der Waals surface area contributed by atoms with Crippen LogP contribution in [0.3, 0.4) is 0 Å². The Kier molecular flexibility index (Phi) is 4.06. The summed E-state index contributed by atoms with van der Waals surface area (Å²) in [6.07, 6.45) is 0.500. The molecule has 14 heavy (non-hydrogen) atoms. The van der Waals surface area contributed by atoms with Gasteiger partial charge in [0.2, 0.25) is 0 Å². The number of aryl methyl sites for hydroxylation is 1. The quantitative estimate of drug-likeness (QED) is 0.593. The number of aliphatic hydroxyl groups excluding tert-OH is 2. The van der Waals surface area contributed by atoms with Crippen molar-refractivity contribution in [3.05, 3.63) is 18.0 Å². The van der Waals surface area contributed by atoms with Gasteiger partial charge in [-0.3, -0.25) is 4.68 Å². The Morgan fingerprint density at radius 3 is 2.79 bits per heavy atom. The molecule has 80 valence electrons. The molecule has 0 saturated heterocycles. The molecule has 1 rings (SSSR count). The summed E-state index contributed by atoms with van der Waals surface area (Å²) in [7, 11) is 3.55. The third kappa shape index (κ3) is 2.54. The molecular weight excluding hydrogens is 182 g/mol. The SMILES string of the molecule is CNCCC(O)C(O)c1ccnn1C. The summed E-state index contributed by atoms with van der Waals surface area (Å²) in [6, 6.07) is 1.70. The van der Waals surface area contributed by atoms with Gasteiger partial charge in [0.25, 0.3) is 0 Å². The van der Waals surface area contributed by atoms with Crippen LogP contribution in [0.2, 0.25) is 0 Å². The molecule has 0 aromatic carbocycles. The zero-order chi connectivity index (χ0) is 10.6. The molecule has 3 N–H and O–H groups in total. The number of hydrogen-bond donors (Lipinski definition) is 3. The van der Waals surface area contributed by atoms with Gasteiger partial charge in [-0.25, -0.2) is 0 Å². The third-order valence-corrected chi connectivity index (χ3v) is 2.22. The van der Waals surface area contributed by atoms with Crippen LogP contribution < -0.4 is 5.32 Å². The minimum atomic E-state index is -0.865. The van der Waals surface area contributed by atoms with Crippen molar-refractivity contribution in [3.63, 3.8) is 0 Å². The minimum Gasteiger partial charge on any atom is -0.390 e. The molecule has 0 aliphatic carbocycles. The van der Waals surface area contributed by atoms with Gasteiger partial charge in [-0.1, -0.05) is 0 Å². The van der Waals surface area contributed by atoms with Crippen LogP contribution in [0.25, 0.3) is 0 Å². The number of hydrogen-bond acceptors (Lipinski definition) is 4. The van der Waals surface area contributed by atoms with E-state index in [1.165, 1.54) is 0 Å². The van der Waals surface area contributed by atoms with Crippen LogP contribution in [-0.2, 0) is 7.05 Å². The molecule has 2 atom stereocenters. The molecule has 1 heterocycles. The third-order valence-electron chi connectivity index (χ3n) is 2.22. The van der Waals surface area contributed by atoms with Crippen molar-refractivity contribution < 1.29 is 10.2 Å². The van der Waals surface area contributed by atoms with Crippen molar-refractivity contribution in [1.82, 2.24) is 15.1 Å². The first kappa shape index (κ1) is 11.2. The number of nitrogens with zero attached hydrogens (tertiary/aromatic N) is 2. The van der Waals surface area contributed by atoms with E-state index < -0.39 is 12.2 Å². The lowest BCUT2D eigenvalue weighted by Gasteiger charge is -2.17. The molecule has 5 heteroatoms. The maximum atomic E-state index is 9.75. The van der Waals surface area contributed by atoms with Gasteiger partial charge in [-0.05, 0) is 26.1 Å². The monoisotopic (exact) mass is 199 g/mol. The highest BCUT2D eigenvalue weighted by atomic mass is 16.3. The highest BCUT2D eigenvalue weighted by Crippen LogP contribution is 2.17. The first-order valence-corrected chi connectivity index (χ1v) is 4.65. The van der Waals surface area contributed by atoms with Crippen LogP contribution in [-0.4, -0.2) is 39.7 Å². The normalized spacial score (nSPS) is 15.4. The van der Waals surface area contributed by atoms with Crippen molar-refractivity contribution in [2.75, 3.05) is 13.6 Å². The molecule has 0 amide bonds. The van der Waals surface area contributed by atoms with Gasteiger partial charge in [0.05, 0.1) is 11.8 Å². The van der Waals surface area contributed by atoms with Crippen molar-refractivity contribution in [2.24, 2.45) is 7.05 Å². The summed E-state index contributed by atoms with van der Waals surface area (Å²) < 4.78 is 1.56. The minimum absolute atomic E-state index is 0.517. The fourth-order valence-corrected chi connectivity index (χ4v) is 1.32. The topological polar surface area (TPSA) is 70.3 Å². The zero-order valence-corrected chi connectivity index (χ0v) is 8.51. The number of rotatable bonds is 5.